The second kappa shape index (κ2) is 10.5. The molecule has 1 saturated heterocycles. The number of carbonyl (C=O) groups is 2. The molecular weight excluding hydrogens is 412 g/mol. The predicted molar refractivity (Wildman–Crippen MR) is 117 cm³/mol. The minimum absolute atomic E-state index is 0.166. The molecule has 0 radical (unpaired) electrons. The molecule has 162 valence electrons. The van der Waals surface area contributed by atoms with Gasteiger partial charge in [-0.25, -0.2) is 4.79 Å². The highest BCUT2D eigenvalue weighted by Crippen LogP contribution is 2.42. The van der Waals surface area contributed by atoms with Crippen molar-refractivity contribution in [2.75, 3.05) is 18.9 Å². The number of hydrogen-bond acceptors (Lipinski definition) is 5. The van der Waals surface area contributed by atoms with Crippen molar-refractivity contribution in [3.05, 3.63) is 34.9 Å². The number of nitrogens with zero attached hydrogens (tertiary/aromatic N) is 1. The van der Waals surface area contributed by atoms with Crippen molar-refractivity contribution in [1.82, 2.24) is 10.2 Å². The summed E-state index contributed by atoms with van der Waals surface area (Å²) in [6.45, 7) is 10.5. The summed E-state index contributed by atoms with van der Waals surface area (Å²) in [6.07, 6.45) is 0.391. The van der Waals surface area contributed by atoms with Gasteiger partial charge in [0.25, 0.3) is 0 Å². The molecule has 2 rings (SSSR count). The summed E-state index contributed by atoms with van der Waals surface area (Å²) in [7, 11) is 0. The molecule has 0 aromatic heterocycles. The summed E-state index contributed by atoms with van der Waals surface area (Å²) in [5.41, 5.74) is 0.260. The Labute approximate surface area is 182 Å². The number of nitrogens with one attached hydrogen (secondary N) is 1. The quantitative estimate of drug-likeness (QED) is 0.624. The Bertz CT molecular complexity index is 691. The third-order valence-corrected chi connectivity index (χ3v) is 5.71. The number of carbonyl (C=O) groups excluding carboxylic acids is 2. The van der Waals surface area contributed by atoms with Gasteiger partial charge in [-0.3, -0.25) is 9.69 Å². The van der Waals surface area contributed by atoms with Crippen LogP contribution in [-0.4, -0.2) is 53.6 Å². The van der Waals surface area contributed by atoms with Gasteiger partial charge in [0.1, 0.15) is 17.0 Å². The maximum absolute atomic E-state index is 12.9. The molecule has 1 aliphatic rings. The lowest BCUT2D eigenvalue weighted by molar-refractivity contribution is -0.125. The molecule has 0 unspecified atom stereocenters. The highest BCUT2D eigenvalue weighted by atomic mass is 35.5. The molecule has 1 aliphatic heterocycles. The van der Waals surface area contributed by atoms with Gasteiger partial charge in [0, 0.05) is 23.9 Å². The first kappa shape index (κ1) is 23.8. The molecule has 6 nitrogen and oxygen atoms in total. The third kappa shape index (κ3) is 7.39. The molecule has 29 heavy (non-hydrogen) atoms. The van der Waals surface area contributed by atoms with E-state index in [4.69, 9.17) is 21.1 Å². The van der Waals surface area contributed by atoms with Crippen LogP contribution >= 0.6 is 23.4 Å². The summed E-state index contributed by atoms with van der Waals surface area (Å²) in [6, 6.07) is 6.73. The highest BCUT2D eigenvalue weighted by Gasteiger charge is 2.44. The number of halogens is 1. The van der Waals surface area contributed by atoms with Crippen molar-refractivity contribution in [1.29, 1.82) is 0 Å². The van der Waals surface area contributed by atoms with Crippen LogP contribution in [0, 0.1) is 0 Å². The Kier molecular flexibility index (Phi) is 8.67. The molecule has 0 spiro atoms. The summed E-state index contributed by atoms with van der Waals surface area (Å²) >= 11 is 7.54. The molecule has 1 aromatic rings. The lowest BCUT2D eigenvalue weighted by atomic mass is 10.1. The predicted octanol–water partition coefficient (Wildman–Crippen LogP) is 4.62. The summed E-state index contributed by atoms with van der Waals surface area (Å²) in [5.74, 6) is 0.324. The number of rotatable bonds is 7. The van der Waals surface area contributed by atoms with Crippen LogP contribution in [0.5, 0.6) is 0 Å². The number of benzene rings is 1. The highest BCUT2D eigenvalue weighted by molar-refractivity contribution is 7.99. The first-order chi connectivity index (χ1) is 13.6. The summed E-state index contributed by atoms with van der Waals surface area (Å²) < 4.78 is 11.1. The van der Waals surface area contributed by atoms with E-state index in [0.717, 1.165) is 12.0 Å². The van der Waals surface area contributed by atoms with Gasteiger partial charge in [-0.15, -0.1) is 11.8 Å². The normalized spacial score (nSPS) is 19.5. The van der Waals surface area contributed by atoms with Gasteiger partial charge in [-0.2, -0.15) is 0 Å². The van der Waals surface area contributed by atoms with E-state index in [1.165, 1.54) is 0 Å². The molecule has 1 N–H and O–H groups in total. The van der Waals surface area contributed by atoms with Crippen LogP contribution in [0.2, 0.25) is 5.02 Å². The van der Waals surface area contributed by atoms with Gasteiger partial charge >= 0.3 is 6.09 Å². The molecule has 1 aromatic carbocycles. The largest absolute Gasteiger partial charge is 0.444 e. The molecule has 2 atom stereocenters. The van der Waals surface area contributed by atoms with Gasteiger partial charge < -0.3 is 14.8 Å². The molecule has 8 heteroatoms. The fourth-order valence-corrected chi connectivity index (χ4v) is 4.40. The lowest BCUT2D eigenvalue weighted by Crippen LogP contribution is -2.49. The fourth-order valence-electron chi connectivity index (χ4n) is 2.85. The molecule has 1 heterocycles. The van der Waals surface area contributed by atoms with Gasteiger partial charge in [0.15, 0.2) is 0 Å². The molecule has 0 bridgehead atoms. The van der Waals surface area contributed by atoms with Gasteiger partial charge in [0.2, 0.25) is 5.91 Å². The zero-order valence-electron chi connectivity index (χ0n) is 17.7. The molecule has 1 fully saturated rings. The number of amides is 2. The number of thioether (sulfide) groups is 1. The van der Waals surface area contributed by atoms with Crippen LogP contribution in [0.25, 0.3) is 0 Å². The zero-order chi connectivity index (χ0) is 21.6. The average Bonchev–Trinajstić information content (AvgIpc) is 3.05. The maximum atomic E-state index is 12.9. The van der Waals surface area contributed by atoms with Gasteiger partial charge in [0.05, 0.1) is 6.10 Å². The fraction of sp³-hybridized carbons (Fsp3) is 0.619. The van der Waals surface area contributed by atoms with Crippen molar-refractivity contribution < 1.29 is 19.1 Å². The van der Waals surface area contributed by atoms with E-state index in [-0.39, 0.29) is 17.4 Å². The van der Waals surface area contributed by atoms with Crippen LogP contribution in [-0.2, 0) is 14.3 Å². The molecule has 0 saturated carbocycles. The van der Waals surface area contributed by atoms with Gasteiger partial charge in [-0.1, -0.05) is 23.7 Å². The lowest BCUT2D eigenvalue weighted by Gasteiger charge is -2.31. The minimum Gasteiger partial charge on any atom is -0.444 e. The molecule has 2 amide bonds. The van der Waals surface area contributed by atoms with Crippen LogP contribution in [0.1, 0.15) is 52.0 Å². The second-order valence-corrected chi connectivity index (χ2v) is 9.75. The van der Waals surface area contributed by atoms with Crippen molar-refractivity contribution in [3.8, 4) is 0 Å². The summed E-state index contributed by atoms with van der Waals surface area (Å²) in [4.78, 5) is 27.3. The Morgan fingerprint density at radius 2 is 1.93 bits per heavy atom. The third-order valence-electron chi connectivity index (χ3n) is 4.13. The first-order valence-corrected chi connectivity index (χ1v) is 11.3. The Morgan fingerprint density at radius 1 is 1.28 bits per heavy atom. The monoisotopic (exact) mass is 442 g/mol. The van der Waals surface area contributed by atoms with E-state index in [2.05, 4.69) is 5.32 Å². The van der Waals surface area contributed by atoms with Crippen molar-refractivity contribution in [2.45, 2.75) is 64.2 Å². The van der Waals surface area contributed by atoms with E-state index in [1.54, 1.807) is 28.8 Å². The smallest absolute Gasteiger partial charge is 0.412 e. The minimum atomic E-state index is -0.649. The zero-order valence-corrected chi connectivity index (χ0v) is 19.3. The SMILES string of the molecule is CC(C)OCCCNC(=O)[C@@H]1CS[C@@H](c2ccc(Cl)cc2)N1C(=O)OC(C)(C)C. The van der Waals surface area contributed by atoms with Crippen molar-refractivity contribution in [3.63, 3.8) is 0 Å². The topological polar surface area (TPSA) is 67.9 Å². The van der Waals surface area contributed by atoms with E-state index in [0.29, 0.717) is 23.9 Å². The Balaban J connectivity index is 2.09. The summed E-state index contributed by atoms with van der Waals surface area (Å²) in [5, 5.41) is 3.24. The maximum Gasteiger partial charge on any atom is 0.412 e. The molecular formula is C21H31ClN2O4S. The van der Waals surface area contributed by atoms with E-state index >= 15 is 0 Å². The number of hydrogen-bond donors (Lipinski definition) is 1. The second-order valence-electron chi connectivity index (χ2n) is 8.20. The van der Waals surface area contributed by atoms with E-state index in [9.17, 15) is 9.59 Å². The average molecular weight is 443 g/mol. The van der Waals surface area contributed by atoms with E-state index < -0.39 is 17.7 Å². The molecule has 0 aliphatic carbocycles. The van der Waals surface area contributed by atoms with Crippen LogP contribution in [0.3, 0.4) is 0 Å². The Morgan fingerprint density at radius 3 is 2.52 bits per heavy atom. The standard InChI is InChI=1S/C21H31ClN2O4S/c1-14(2)27-12-6-11-23-18(25)17-13-29-19(15-7-9-16(22)10-8-15)24(17)20(26)28-21(3,4)5/h7-10,14,17,19H,6,11-13H2,1-5H3,(H,23,25)/t17-,19-/m0/s1. The van der Waals surface area contributed by atoms with Crippen molar-refractivity contribution >= 4 is 35.4 Å². The number of ether oxygens (including phenoxy) is 2. The van der Waals surface area contributed by atoms with Crippen molar-refractivity contribution in [2.24, 2.45) is 0 Å². The van der Waals surface area contributed by atoms with Crippen LogP contribution in [0.4, 0.5) is 4.79 Å². The first-order valence-electron chi connectivity index (χ1n) is 9.86. The Hall–Kier alpha value is -1.44. The van der Waals surface area contributed by atoms with E-state index in [1.807, 2.05) is 46.8 Å². The van der Waals surface area contributed by atoms with Gasteiger partial charge in [-0.05, 0) is 58.7 Å². The van der Waals surface area contributed by atoms with Crippen LogP contribution in [0.15, 0.2) is 24.3 Å². The van der Waals surface area contributed by atoms with Crippen LogP contribution < -0.4 is 5.32 Å².